The maximum atomic E-state index is 13.0. The quantitative estimate of drug-likeness (QED) is 0.0266. The number of carbonyl (C=O) groups excluding carboxylic acids is 1. The molecule has 0 aliphatic carbocycles. The van der Waals surface area contributed by atoms with Crippen LogP contribution < -0.4 is 5.32 Å². The van der Waals surface area contributed by atoms with Crippen molar-refractivity contribution in [2.24, 2.45) is 0 Å². The molecule has 7 atom stereocenters. The van der Waals surface area contributed by atoms with Gasteiger partial charge in [0.1, 0.15) is 24.4 Å². The van der Waals surface area contributed by atoms with Crippen molar-refractivity contribution in [2.75, 3.05) is 13.2 Å². The molecule has 0 aromatic carbocycles. The fourth-order valence-electron chi connectivity index (χ4n) is 7.45. The summed E-state index contributed by atoms with van der Waals surface area (Å²) in [5.74, 6) is -0.178. The SMILES string of the molecule is CCC/C=C\CCCCCCCC/C=C/[C@@H](O)[C@H](CO[C@@H]1O[C@H](CO)[C@H](O)C(O)C1O)NC(=O)CCCCCCCCCCCCCCCCCCCCCC. The first kappa shape index (κ1) is 52.7. The standard InChI is InChI=1S/C47H89NO8/c1-3-5-7-9-11-13-15-17-18-19-20-21-22-23-25-27-29-31-33-35-37-43(51)48-40(39-55-47-46(54)45(53)44(52)42(38-49)56-47)41(50)36-34-32-30-28-26-24-16-14-12-10-8-6-4-2/h8,10,34,36,40-42,44-47,49-50,52-54H,3-7,9,11-33,35,37-39H2,1-2H3,(H,48,51)/b10-8-,36-34+/t40-,41+,42+,44-,45?,46?,47+/m0/s1. The highest BCUT2D eigenvalue weighted by Crippen LogP contribution is 2.23. The lowest BCUT2D eigenvalue weighted by Gasteiger charge is -2.40. The van der Waals surface area contributed by atoms with Crippen LogP contribution in [0.15, 0.2) is 24.3 Å². The molecular formula is C47H89NO8. The van der Waals surface area contributed by atoms with E-state index in [1.807, 2.05) is 6.08 Å². The Labute approximate surface area is 343 Å². The number of allylic oxidation sites excluding steroid dienone is 3. The van der Waals surface area contributed by atoms with Gasteiger partial charge in [-0.3, -0.25) is 4.79 Å². The van der Waals surface area contributed by atoms with Crippen molar-refractivity contribution in [3.63, 3.8) is 0 Å². The molecule has 2 unspecified atom stereocenters. The van der Waals surface area contributed by atoms with Gasteiger partial charge in [-0.25, -0.2) is 0 Å². The summed E-state index contributed by atoms with van der Waals surface area (Å²) in [6, 6.07) is -0.803. The van der Waals surface area contributed by atoms with E-state index in [1.165, 1.54) is 148 Å². The molecule has 0 aromatic rings. The normalized spacial score (nSPS) is 21.3. The predicted molar refractivity (Wildman–Crippen MR) is 230 cm³/mol. The summed E-state index contributed by atoms with van der Waals surface area (Å²) >= 11 is 0. The van der Waals surface area contributed by atoms with Gasteiger partial charge in [-0.2, -0.15) is 0 Å². The molecule has 0 radical (unpaired) electrons. The molecule has 9 heteroatoms. The van der Waals surface area contributed by atoms with E-state index in [4.69, 9.17) is 9.47 Å². The second-order valence-corrected chi connectivity index (χ2v) is 16.5. The Bertz CT molecular complexity index is 930. The molecule has 1 amide bonds. The van der Waals surface area contributed by atoms with Gasteiger partial charge in [0.05, 0.1) is 25.4 Å². The van der Waals surface area contributed by atoms with Gasteiger partial charge >= 0.3 is 0 Å². The first-order valence-electron chi connectivity index (χ1n) is 23.6. The molecule has 1 aliphatic heterocycles. The molecule has 1 fully saturated rings. The summed E-state index contributed by atoms with van der Waals surface area (Å²) in [4.78, 5) is 13.0. The van der Waals surface area contributed by atoms with E-state index in [2.05, 4.69) is 31.3 Å². The number of unbranched alkanes of at least 4 members (excludes halogenated alkanes) is 27. The number of carbonyl (C=O) groups is 1. The molecule has 0 aromatic heterocycles. The zero-order chi connectivity index (χ0) is 40.9. The topological polar surface area (TPSA) is 149 Å². The van der Waals surface area contributed by atoms with Gasteiger partial charge in [0.25, 0.3) is 0 Å². The van der Waals surface area contributed by atoms with Crippen molar-refractivity contribution < 1.29 is 39.8 Å². The lowest BCUT2D eigenvalue weighted by atomic mass is 9.99. The van der Waals surface area contributed by atoms with Gasteiger partial charge in [0, 0.05) is 6.42 Å². The fraction of sp³-hybridized carbons (Fsp3) is 0.894. The minimum absolute atomic E-state index is 0.178. The molecule has 1 aliphatic rings. The van der Waals surface area contributed by atoms with Crippen LogP contribution in [0.25, 0.3) is 0 Å². The second kappa shape index (κ2) is 37.9. The van der Waals surface area contributed by atoms with E-state index in [0.717, 1.165) is 44.9 Å². The average Bonchev–Trinajstić information content (AvgIpc) is 3.20. The largest absolute Gasteiger partial charge is 0.394 e. The monoisotopic (exact) mass is 796 g/mol. The van der Waals surface area contributed by atoms with E-state index in [9.17, 15) is 30.3 Å². The van der Waals surface area contributed by atoms with Crippen LogP contribution in [0.5, 0.6) is 0 Å². The number of hydrogen-bond acceptors (Lipinski definition) is 8. The third kappa shape index (κ3) is 28.2. The number of aliphatic hydroxyl groups is 5. The zero-order valence-electron chi connectivity index (χ0n) is 36.1. The Morgan fingerprint density at radius 3 is 1.52 bits per heavy atom. The molecule has 6 N–H and O–H groups in total. The van der Waals surface area contributed by atoms with E-state index < -0.39 is 49.5 Å². The van der Waals surface area contributed by atoms with Crippen LogP contribution in [-0.4, -0.2) is 87.5 Å². The molecule has 1 heterocycles. The molecule has 330 valence electrons. The Morgan fingerprint density at radius 1 is 0.589 bits per heavy atom. The smallest absolute Gasteiger partial charge is 0.220 e. The first-order valence-corrected chi connectivity index (χ1v) is 23.6. The third-order valence-corrected chi connectivity index (χ3v) is 11.3. The lowest BCUT2D eigenvalue weighted by molar-refractivity contribution is -0.302. The predicted octanol–water partition coefficient (Wildman–Crippen LogP) is 9.89. The molecule has 56 heavy (non-hydrogen) atoms. The number of aliphatic hydroxyl groups excluding tert-OH is 5. The molecule has 0 bridgehead atoms. The van der Waals surface area contributed by atoms with Gasteiger partial charge in [-0.05, 0) is 38.5 Å². The van der Waals surface area contributed by atoms with Crippen LogP contribution in [0.2, 0.25) is 0 Å². The molecule has 1 rings (SSSR count). The van der Waals surface area contributed by atoms with Gasteiger partial charge < -0.3 is 40.3 Å². The maximum absolute atomic E-state index is 13.0. The molecule has 9 nitrogen and oxygen atoms in total. The van der Waals surface area contributed by atoms with E-state index >= 15 is 0 Å². The molecule has 0 saturated carbocycles. The van der Waals surface area contributed by atoms with Gasteiger partial charge in [-0.1, -0.05) is 192 Å². The molecular weight excluding hydrogens is 707 g/mol. The summed E-state index contributed by atoms with van der Waals surface area (Å²) in [5.41, 5.74) is 0. The zero-order valence-corrected chi connectivity index (χ0v) is 36.1. The van der Waals surface area contributed by atoms with Gasteiger partial charge in [0.2, 0.25) is 5.91 Å². The lowest BCUT2D eigenvalue weighted by Crippen LogP contribution is -2.60. The molecule has 1 saturated heterocycles. The minimum atomic E-state index is -1.56. The van der Waals surface area contributed by atoms with Crippen molar-refractivity contribution in [2.45, 2.75) is 256 Å². The first-order chi connectivity index (χ1) is 27.3. The van der Waals surface area contributed by atoms with E-state index in [-0.39, 0.29) is 12.5 Å². The van der Waals surface area contributed by atoms with Crippen LogP contribution in [0, 0.1) is 0 Å². The Balaban J connectivity index is 2.30. The fourth-order valence-corrected chi connectivity index (χ4v) is 7.45. The Kier molecular flexibility index (Phi) is 35.7. The summed E-state index contributed by atoms with van der Waals surface area (Å²) in [6.07, 6.45) is 37.9. The highest BCUT2D eigenvalue weighted by Gasteiger charge is 2.44. The van der Waals surface area contributed by atoms with Crippen LogP contribution in [-0.2, 0) is 14.3 Å². The minimum Gasteiger partial charge on any atom is -0.394 e. The van der Waals surface area contributed by atoms with Crippen LogP contribution in [0.1, 0.15) is 213 Å². The van der Waals surface area contributed by atoms with Crippen LogP contribution in [0.3, 0.4) is 0 Å². The van der Waals surface area contributed by atoms with E-state index in [1.54, 1.807) is 6.08 Å². The maximum Gasteiger partial charge on any atom is 0.220 e. The van der Waals surface area contributed by atoms with Crippen LogP contribution >= 0.6 is 0 Å². The highest BCUT2D eigenvalue weighted by atomic mass is 16.7. The summed E-state index contributed by atoms with van der Waals surface area (Å²) in [5, 5.41) is 54.2. The van der Waals surface area contributed by atoms with Crippen molar-refractivity contribution in [3.8, 4) is 0 Å². The Morgan fingerprint density at radius 2 is 1.04 bits per heavy atom. The van der Waals surface area contributed by atoms with Crippen molar-refractivity contribution in [3.05, 3.63) is 24.3 Å². The third-order valence-electron chi connectivity index (χ3n) is 11.3. The second-order valence-electron chi connectivity index (χ2n) is 16.5. The molecule has 0 spiro atoms. The Hall–Kier alpha value is -1.33. The van der Waals surface area contributed by atoms with Gasteiger partial charge in [-0.15, -0.1) is 0 Å². The summed E-state index contributed by atoms with van der Waals surface area (Å²) < 4.78 is 11.2. The number of rotatable bonds is 39. The van der Waals surface area contributed by atoms with E-state index in [0.29, 0.717) is 6.42 Å². The summed E-state index contributed by atoms with van der Waals surface area (Å²) in [7, 11) is 0. The van der Waals surface area contributed by atoms with Crippen LogP contribution in [0.4, 0.5) is 0 Å². The number of nitrogens with one attached hydrogen (secondary N) is 1. The van der Waals surface area contributed by atoms with Crippen molar-refractivity contribution >= 4 is 5.91 Å². The number of hydrogen-bond donors (Lipinski definition) is 6. The van der Waals surface area contributed by atoms with Crippen molar-refractivity contribution in [1.29, 1.82) is 0 Å². The summed E-state index contributed by atoms with van der Waals surface area (Å²) in [6.45, 7) is 3.72. The number of ether oxygens (including phenoxy) is 2. The average molecular weight is 796 g/mol. The number of amides is 1. The van der Waals surface area contributed by atoms with Crippen molar-refractivity contribution in [1.82, 2.24) is 5.32 Å². The van der Waals surface area contributed by atoms with Gasteiger partial charge in [0.15, 0.2) is 6.29 Å². The highest BCUT2D eigenvalue weighted by molar-refractivity contribution is 5.76.